The molecule has 0 spiro atoms. The Morgan fingerprint density at radius 3 is 2.34 bits per heavy atom. The van der Waals surface area contributed by atoms with Crippen molar-refractivity contribution in [2.45, 2.75) is 45.5 Å². The lowest BCUT2D eigenvalue weighted by atomic mass is 10.00. The summed E-state index contributed by atoms with van der Waals surface area (Å²) in [7, 11) is 0. The van der Waals surface area contributed by atoms with Crippen LogP contribution in [0, 0.1) is 5.82 Å². The number of halogens is 4. The highest BCUT2D eigenvalue weighted by Crippen LogP contribution is 2.40. The van der Waals surface area contributed by atoms with E-state index in [2.05, 4.69) is 15.3 Å². The number of hydrogen-bond acceptors (Lipinski definition) is 6. The number of alkyl halides is 3. The molecule has 212 valence electrons. The Hall–Kier alpha value is -4.54. The molecule has 1 aliphatic heterocycles. The number of rotatable bonds is 4. The molecule has 4 aromatic rings. The third kappa shape index (κ3) is 6.29. The van der Waals surface area contributed by atoms with Gasteiger partial charge in [-0.25, -0.2) is 24.1 Å². The van der Waals surface area contributed by atoms with Crippen molar-refractivity contribution in [2.75, 3.05) is 11.9 Å². The van der Waals surface area contributed by atoms with E-state index in [1.807, 2.05) is 30.3 Å². The molecule has 1 N–H and O–H groups in total. The molecule has 1 amide bonds. The minimum Gasteiger partial charge on any atom is -0.444 e. The first-order valence-electron chi connectivity index (χ1n) is 12.9. The Kier molecular flexibility index (Phi) is 7.37. The highest BCUT2D eigenvalue weighted by atomic mass is 19.4. The molecule has 3 heterocycles. The van der Waals surface area contributed by atoms with Gasteiger partial charge in [0.1, 0.15) is 11.4 Å². The summed E-state index contributed by atoms with van der Waals surface area (Å²) in [5.74, 6) is -1.28. The fraction of sp³-hybridized carbons (Fsp3) is 0.267. The zero-order chi connectivity index (χ0) is 29.4. The fourth-order valence-corrected chi connectivity index (χ4v) is 4.53. The van der Waals surface area contributed by atoms with Gasteiger partial charge in [-0.15, -0.1) is 0 Å². The van der Waals surface area contributed by atoms with Crippen molar-refractivity contribution in [1.82, 2.24) is 19.9 Å². The van der Waals surface area contributed by atoms with Crippen LogP contribution in [0.2, 0.25) is 0 Å². The number of nitrogens with one attached hydrogen (secondary N) is 1. The van der Waals surface area contributed by atoms with E-state index in [0.29, 0.717) is 41.7 Å². The second kappa shape index (κ2) is 10.8. The van der Waals surface area contributed by atoms with E-state index in [-0.39, 0.29) is 23.6 Å². The highest BCUT2D eigenvalue weighted by molar-refractivity contribution is 5.81. The van der Waals surface area contributed by atoms with E-state index in [9.17, 15) is 18.0 Å². The van der Waals surface area contributed by atoms with Crippen LogP contribution in [0.15, 0.2) is 67.0 Å². The van der Waals surface area contributed by atoms with Crippen LogP contribution < -0.4 is 5.32 Å². The van der Waals surface area contributed by atoms with Crippen molar-refractivity contribution in [1.29, 1.82) is 0 Å². The largest absolute Gasteiger partial charge is 0.444 e. The molecular weight excluding hydrogens is 538 g/mol. The van der Waals surface area contributed by atoms with E-state index < -0.39 is 29.3 Å². The second-order valence-electron chi connectivity index (χ2n) is 10.6. The van der Waals surface area contributed by atoms with Gasteiger partial charge in [-0.1, -0.05) is 30.3 Å². The SMILES string of the molecule is CC(C)(C)OC(=O)N1CCc2cc(Nc3cc(-c4ncccn4)c(C(F)(F)F)cc3F)c(-c3ccccc3)nc2C1. The molecule has 0 saturated heterocycles. The van der Waals surface area contributed by atoms with Gasteiger partial charge >= 0.3 is 12.3 Å². The molecule has 7 nitrogen and oxygen atoms in total. The van der Waals surface area contributed by atoms with Crippen LogP contribution >= 0.6 is 0 Å². The zero-order valence-electron chi connectivity index (χ0n) is 22.6. The first kappa shape index (κ1) is 28.0. The van der Waals surface area contributed by atoms with Crippen molar-refractivity contribution in [3.63, 3.8) is 0 Å². The van der Waals surface area contributed by atoms with Crippen molar-refractivity contribution in [3.05, 3.63) is 89.6 Å². The summed E-state index contributed by atoms with van der Waals surface area (Å²) in [4.78, 5) is 27.0. The predicted octanol–water partition coefficient (Wildman–Crippen LogP) is 7.40. The summed E-state index contributed by atoms with van der Waals surface area (Å²) in [5, 5.41) is 2.98. The number of nitrogens with zero attached hydrogens (tertiary/aromatic N) is 4. The topological polar surface area (TPSA) is 80.2 Å². The summed E-state index contributed by atoms with van der Waals surface area (Å²) < 4.78 is 62.3. The van der Waals surface area contributed by atoms with Crippen LogP contribution in [0.25, 0.3) is 22.6 Å². The number of hydrogen-bond donors (Lipinski definition) is 1. The van der Waals surface area contributed by atoms with Crippen molar-refractivity contribution >= 4 is 17.5 Å². The van der Waals surface area contributed by atoms with Gasteiger partial charge in [-0.05, 0) is 57.0 Å². The average molecular weight is 566 g/mol. The molecule has 11 heteroatoms. The maximum absolute atomic E-state index is 15.2. The number of fused-ring (bicyclic) bond motifs is 1. The second-order valence-corrected chi connectivity index (χ2v) is 10.6. The molecular formula is C30H27F4N5O2. The molecule has 2 aromatic heterocycles. The quantitative estimate of drug-likeness (QED) is 0.260. The molecule has 41 heavy (non-hydrogen) atoms. The van der Waals surface area contributed by atoms with Gasteiger partial charge in [0.2, 0.25) is 0 Å². The fourth-order valence-electron chi connectivity index (χ4n) is 4.53. The minimum absolute atomic E-state index is 0.183. The number of carbonyl (C=O) groups excluding carboxylic acids is 1. The number of benzene rings is 2. The molecule has 0 aliphatic carbocycles. The normalized spacial score (nSPS) is 13.5. The number of carbonyl (C=O) groups is 1. The van der Waals surface area contributed by atoms with E-state index in [4.69, 9.17) is 9.72 Å². The van der Waals surface area contributed by atoms with Gasteiger partial charge in [-0.3, -0.25) is 0 Å². The number of ether oxygens (including phenoxy) is 1. The van der Waals surface area contributed by atoms with E-state index in [0.717, 1.165) is 11.6 Å². The summed E-state index contributed by atoms with van der Waals surface area (Å²) in [6.45, 7) is 5.99. The smallest absolute Gasteiger partial charge is 0.417 e. The average Bonchev–Trinajstić information content (AvgIpc) is 2.92. The lowest BCUT2D eigenvalue weighted by Crippen LogP contribution is -2.40. The van der Waals surface area contributed by atoms with Crippen molar-refractivity contribution in [3.8, 4) is 22.6 Å². The molecule has 5 rings (SSSR count). The van der Waals surface area contributed by atoms with E-state index in [1.54, 1.807) is 31.7 Å². The van der Waals surface area contributed by atoms with Gasteiger partial charge in [0.15, 0.2) is 5.82 Å². The lowest BCUT2D eigenvalue weighted by molar-refractivity contribution is -0.137. The zero-order valence-corrected chi connectivity index (χ0v) is 22.6. The van der Waals surface area contributed by atoms with Gasteiger partial charge in [0.05, 0.1) is 34.9 Å². The number of pyridine rings is 1. The van der Waals surface area contributed by atoms with Gasteiger partial charge in [0.25, 0.3) is 0 Å². The van der Waals surface area contributed by atoms with Crippen LogP contribution in [-0.4, -0.2) is 38.1 Å². The van der Waals surface area contributed by atoms with Crippen molar-refractivity contribution in [2.24, 2.45) is 0 Å². The molecule has 0 saturated carbocycles. The minimum atomic E-state index is -4.82. The summed E-state index contributed by atoms with van der Waals surface area (Å²) >= 11 is 0. The van der Waals surface area contributed by atoms with E-state index >= 15 is 4.39 Å². The third-order valence-corrected chi connectivity index (χ3v) is 6.37. The van der Waals surface area contributed by atoms with Gasteiger partial charge in [-0.2, -0.15) is 13.2 Å². The Bertz CT molecular complexity index is 1570. The lowest BCUT2D eigenvalue weighted by Gasteiger charge is -2.31. The standard InChI is InChI=1S/C30H27F4N5O2/c1-29(2,3)41-28(40)39-13-10-19-14-24(26(38-25(19)17-39)18-8-5-4-6-9-18)37-23-15-20(27-35-11-7-12-36-27)21(16-22(23)31)30(32,33)34/h4-9,11-12,14-16,37H,10,13,17H2,1-3H3. The van der Waals surface area contributed by atoms with Crippen molar-refractivity contribution < 1.29 is 27.1 Å². The summed E-state index contributed by atoms with van der Waals surface area (Å²) in [5.41, 5.74) is 0.651. The maximum atomic E-state index is 15.2. The highest BCUT2D eigenvalue weighted by Gasteiger charge is 2.36. The Labute approximate surface area is 234 Å². The summed E-state index contributed by atoms with van der Waals surface area (Å²) in [6.07, 6.45) is -2.17. The van der Waals surface area contributed by atoms with Gasteiger partial charge < -0.3 is 15.0 Å². The predicted molar refractivity (Wildman–Crippen MR) is 146 cm³/mol. The molecule has 0 fully saturated rings. The van der Waals surface area contributed by atoms with Gasteiger partial charge in [0, 0.05) is 30.1 Å². The van der Waals surface area contributed by atoms with Crippen LogP contribution in [0.1, 0.15) is 37.6 Å². The number of amides is 1. The molecule has 0 atom stereocenters. The molecule has 0 unspecified atom stereocenters. The van der Waals surface area contributed by atoms with Crippen LogP contribution in [-0.2, 0) is 23.9 Å². The maximum Gasteiger partial charge on any atom is 0.417 e. The number of anilines is 2. The third-order valence-electron chi connectivity index (χ3n) is 6.37. The first-order valence-corrected chi connectivity index (χ1v) is 12.9. The Morgan fingerprint density at radius 2 is 1.68 bits per heavy atom. The first-order chi connectivity index (χ1) is 19.4. The summed E-state index contributed by atoms with van der Waals surface area (Å²) in [6, 6.07) is 13.9. The monoisotopic (exact) mass is 565 g/mol. The van der Waals surface area contributed by atoms with Crippen LogP contribution in [0.4, 0.5) is 33.7 Å². The van der Waals surface area contributed by atoms with E-state index in [1.165, 1.54) is 18.5 Å². The molecule has 1 aliphatic rings. The molecule has 0 bridgehead atoms. The van der Waals surface area contributed by atoms with Crippen LogP contribution in [0.3, 0.4) is 0 Å². The molecule has 0 radical (unpaired) electrons. The molecule has 2 aromatic carbocycles. The van der Waals surface area contributed by atoms with Crippen LogP contribution in [0.5, 0.6) is 0 Å². The Balaban J connectivity index is 1.57. The number of aromatic nitrogens is 3. The Morgan fingerprint density at radius 1 is 0.976 bits per heavy atom.